The molecule has 1 aromatic heterocycles. The maximum Gasteiger partial charge on any atom is 0.107 e. The molecule has 0 unspecified atom stereocenters. The molecule has 0 radical (unpaired) electrons. The Balaban J connectivity index is 2.34. The molecule has 0 saturated carbocycles. The van der Waals surface area contributed by atoms with Crippen LogP contribution in [0.3, 0.4) is 0 Å². The van der Waals surface area contributed by atoms with Gasteiger partial charge in [-0.1, -0.05) is 18.3 Å². The SMILES string of the molecule is CSc1cccc(N(C)Cc2ccncc2)c1C(N)=S. The summed E-state index contributed by atoms with van der Waals surface area (Å²) in [5.41, 5.74) is 9.11. The molecule has 2 rings (SSSR count). The fraction of sp³-hybridized carbons (Fsp3) is 0.200. The first kappa shape index (κ1) is 14.8. The Hall–Kier alpha value is -1.59. The Morgan fingerprint density at radius 3 is 2.60 bits per heavy atom. The molecule has 1 aromatic carbocycles. The summed E-state index contributed by atoms with van der Waals surface area (Å²) >= 11 is 6.87. The summed E-state index contributed by atoms with van der Waals surface area (Å²) in [5.74, 6) is 0. The molecule has 0 atom stereocenters. The number of nitrogens with zero attached hydrogens (tertiary/aromatic N) is 2. The molecule has 20 heavy (non-hydrogen) atoms. The van der Waals surface area contributed by atoms with Crippen molar-refractivity contribution in [1.29, 1.82) is 0 Å². The Bertz CT molecular complexity index is 599. The summed E-state index contributed by atoms with van der Waals surface area (Å²) in [4.78, 5) is 7.74. The van der Waals surface area contributed by atoms with Gasteiger partial charge < -0.3 is 10.6 Å². The van der Waals surface area contributed by atoms with E-state index in [0.717, 1.165) is 22.7 Å². The van der Waals surface area contributed by atoms with E-state index in [1.54, 1.807) is 24.2 Å². The number of nitrogens with two attached hydrogens (primary N) is 1. The van der Waals surface area contributed by atoms with Crippen LogP contribution in [0.4, 0.5) is 5.69 Å². The highest BCUT2D eigenvalue weighted by Gasteiger charge is 2.14. The molecule has 0 amide bonds. The van der Waals surface area contributed by atoms with Crippen molar-refractivity contribution in [2.24, 2.45) is 5.73 Å². The van der Waals surface area contributed by atoms with Crippen molar-refractivity contribution in [2.75, 3.05) is 18.2 Å². The molecule has 0 saturated heterocycles. The lowest BCUT2D eigenvalue weighted by Gasteiger charge is -2.23. The Morgan fingerprint density at radius 1 is 1.30 bits per heavy atom. The number of thiocarbonyl (C=S) groups is 1. The van der Waals surface area contributed by atoms with Gasteiger partial charge in [0.15, 0.2) is 0 Å². The zero-order valence-corrected chi connectivity index (χ0v) is 13.2. The lowest BCUT2D eigenvalue weighted by Crippen LogP contribution is -2.22. The van der Waals surface area contributed by atoms with E-state index in [0.29, 0.717) is 4.99 Å². The molecule has 2 N–H and O–H groups in total. The molecule has 5 heteroatoms. The Morgan fingerprint density at radius 2 is 2.00 bits per heavy atom. The summed E-state index contributed by atoms with van der Waals surface area (Å²) in [6, 6.07) is 10.1. The highest BCUT2D eigenvalue weighted by molar-refractivity contribution is 7.98. The first-order chi connectivity index (χ1) is 9.63. The standard InChI is InChI=1S/C15H17N3S2/c1-18(10-11-6-8-17-9-7-11)12-4-3-5-13(20-2)14(12)15(16)19/h3-9H,10H2,1-2H3,(H2,16,19). The van der Waals surface area contributed by atoms with Gasteiger partial charge in [-0.05, 0) is 36.1 Å². The van der Waals surface area contributed by atoms with Crippen LogP contribution in [0.25, 0.3) is 0 Å². The van der Waals surface area contributed by atoms with Crippen LogP contribution in [0.2, 0.25) is 0 Å². The van der Waals surface area contributed by atoms with Gasteiger partial charge in [0.2, 0.25) is 0 Å². The van der Waals surface area contributed by atoms with Crippen molar-refractivity contribution in [1.82, 2.24) is 4.98 Å². The highest BCUT2D eigenvalue weighted by Crippen LogP contribution is 2.29. The topological polar surface area (TPSA) is 42.2 Å². The quantitative estimate of drug-likeness (QED) is 0.679. The van der Waals surface area contributed by atoms with E-state index < -0.39 is 0 Å². The van der Waals surface area contributed by atoms with Crippen LogP contribution in [0.5, 0.6) is 0 Å². The number of aromatic nitrogens is 1. The minimum absolute atomic E-state index is 0.437. The average molecular weight is 303 g/mol. The van der Waals surface area contributed by atoms with Crippen molar-refractivity contribution in [3.05, 3.63) is 53.9 Å². The molecule has 0 bridgehead atoms. The van der Waals surface area contributed by atoms with Crippen molar-refractivity contribution in [3.8, 4) is 0 Å². The van der Waals surface area contributed by atoms with Gasteiger partial charge in [0, 0.05) is 42.1 Å². The second-order valence-corrected chi connectivity index (χ2v) is 5.72. The van der Waals surface area contributed by atoms with Crippen molar-refractivity contribution >= 4 is 34.7 Å². The van der Waals surface area contributed by atoms with Crippen LogP contribution in [-0.4, -0.2) is 23.3 Å². The van der Waals surface area contributed by atoms with Crippen LogP contribution in [0, 0.1) is 0 Å². The van der Waals surface area contributed by atoms with Crippen LogP contribution in [0.15, 0.2) is 47.6 Å². The predicted molar refractivity (Wildman–Crippen MR) is 90.5 cm³/mol. The third kappa shape index (κ3) is 3.29. The number of pyridine rings is 1. The van der Waals surface area contributed by atoms with Crippen LogP contribution in [0.1, 0.15) is 11.1 Å². The lowest BCUT2D eigenvalue weighted by atomic mass is 10.1. The molecule has 3 nitrogen and oxygen atoms in total. The molecular formula is C15H17N3S2. The minimum atomic E-state index is 0.437. The molecule has 0 spiro atoms. The van der Waals surface area contributed by atoms with E-state index in [9.17, 15) is 0 Å². The molecule has 0 aliphatic rings. The van der Waals surface area contributed by atoms with E-state index in [-0.39, 0.29) is 0 Å². The fourth-order valence-corrected chi connectivity index (χ4v) is 3.02. The van der Waals surface area contributed by atoms with Gasteiger partial charge in [-0.15, -0.1) is 11.8 Å². The summed E-state index contributed by atoms with van der Waals surface area (Å²) in [5, 5.41) is 0. The largest absolute Gasteiger partial charge is 0.389 e. The molecule has 1 heterocycles. The molecule has 104 valence electrons. The van der Waals surface area contributed by atoms with E-state index in [2.05, 4.69) is 16.0 Å². The van der Waals surface area contributed by atoms with E-state index in [1.807, 2.05) is 37.6 Å². The first-order valence-corrected chi connectivity index (χ1v) is 7.83. The maximum atomic E-state index is 5.90. The van der Waals surface area contributed by atoms with E-state index >= 15 is 0 Å². The third-order valence-electron chi connectivity index (χ3n) is 3.05. The van der Waals surface area contributed by atoms with Gasteiger partial charge in [-0.25, -0.2) is 0 Å². The van der Waals surface area contributed by atoms with Crippen LogP contribution in [-0.2, 0) is 6.54 Å². The fourth-order valence-electron chi connectivity index (χ4n) is 2.10. The predicted octanol–water partition coefficient (Wildman–Crippen LogP) is 3.07. The number of hydrogen-bond donors (Lipinski definition) is 1. The average Bonchev–Trinajstić information content (AvgIpc) is 2.47. The number of thioether (sulfide) groups is 1. The van der Waals surface area contributed by atoms with Gasteiger partial charge in [-0.2, -0.15) is 0 Å². The normalized spacial score (nSPS) is 10.3. The smallest absolute Gasteiger partial charge is 0.107 e. The van der Waals surface area contributed by atoms with Gasteiger partial charge >= 0.3 is 0 Å². The number of anilines is 1. The van der Waals surface area contributed by atoms with Gasteiger partial charge in [0.25, 0.3) is 0 Å². The van der Waals surface area contributed by atoms with Crippen LogP contribution < -0.4 is 10.6 Å². The zero-order valence-electron chi connectivity index (χ0n) is 11.5. The second-order valence-electron chi connectivity index (χ2n) is 4.43. The monoisotopic (exact) mass is 303 g/mol. The van der Waals surface area contributed by atoms with Gasteiger partial charge in [0.1, 0.15) is 4.99 Å². The maximum absolute atomic E-state index is 5.90. The third-order valence-corrected chi connectivity index (χ3v) is 4.04. The number of hydrogen-bond acceptors (Lipinski definition) is 4. The van der Waals surface area contributed by atoms with E-state index in [1.165, 1.54) is 5.56 Å². The van der Waals surface area contributed by atoms with Crippen molar-refractivity contribution in [3.63, 3.8) is 0 Å². The molecular weight excluding hydrogens is 286 g/mol. The molecule has 0 fully saturated rings. The number of benzene rings is 1. The van der Waals surface area contributed by atoms with Gasteiger partial charge in [-0.3, -0.25) is 4.98 Å². The summed E-state index contributed by atoms with van der Waals surface area (Å²) in [6.07, 6.45) is 5.63. The number of rotatable bonds is 5. The highest BCUT2D eigenvalue weighted by atomic mass is 32.2. The summed E-state index contributed by atoms with van der Waals surface area (Å²) in [7, 11) is 2.04. The van der Waals surface area contributed by atoms with Crippen molar-refractivity contribution < 1.29 is 0 Å². The Labute approximate surface area is 129 Å². The second kappa shape index (κ2) is 6.72. The molecule has 2 aromatic rings. The Kier molecular flexibility index (Phi) is 4.98. The molecule has 0 aliphatic carbocycles. The van der Waals surface area contributed by atoms with Gasteiger partial charge in [0.05, 0.1) is 0 Å². The lowest BCUT2D eigenvalue weighted by molar-refractivity contribution is 0.915. The summed E-state index contributed by atoms with van der Waals surface area (Å²) in [6.45, 7) is 0.788. The first-order valence-electron chi connectivity index (χ1n) is 6.20. The summed E-state index contributed by atoms with van der Waals surface area (Å²) < 4.78 is 0. The van der Waals surface area contributed by atoms with Crippen LogP contribution >= 0.6 is 24.0 Å². The van der Waals surface area contributed by atoms with Crippen molar-refractivity contribution in [2.45, 2.75) is 11.4 Å². The molecule has 0 aliphatic heterocycles. The minimum Gasteiger partial charge on any atom is -0.389 e. The zero-order chi connectivity index (χ0) is 14.5. The van der Waals surface area contributed by atoms with E-state index in [4.69, 9.17) is 18.0 Å².